The highest BCUT2D eigenvalue weighted by molar-refractivity contribution is 5.78. The van der Waals surface area contributed by atoms with Crippen molar-refractivity contribution in [2.45, 2.75) is 13.0 Å². The van der Waals surface area contributed by atoms with Crippen LogP contribution in [-0.2, 0) is 4.79 Å². The molecule has 0 radical (unpaired) electrons. The normalized spacial score (nSPS) is 11.5. The Morgan fingerprint density at radius 3 is 2.36 bits per heavy atom. The minimum atomic E-state index is -0.302. The number of hydrogen-bond acceptors (Lipinski definition) is 4. The van der Waals surface area contributed by atoms with Crippen molar-refractivity contribution >= 4 is 5.91 Å². The van der Waals surface area contributed by atoms with Crippen molar-refractivity contribution in [3.8, 4) is 17.4 Å². The van der Waals surface area contributed by atoms with Gasteiger partial charge in [-0.2, -0.15) is 0 Å². The highest BCUT2D eigenvalue weighted by Gasteiger charge is 2.18. The van der Waals surface area contributed by atoms with Gasteiger partial charge < -0.3 is 14.4 Å². The molecule has 5 nitrogen and oxygen atoms in total. The maximum absolute atomic E-state index is 13.1. The molecule has 0 saturated carbocycles. The molecule has 3 aromatic rings. The Balaban J connectivity index is 1.53. The first-order valence-electron chi connectivity index (χ1n) is 8.86. The zero-order chi connectivity index (χ0) is 19.9. The van der Waals surface area contributed by atoms with Gasteiger partial charge in [-0.15, -0.1) is 0 Å². The number of carbonyl (C=O) groups excluding carboxylic acids is 1. The summed E-state index contributed by atoms with van der Waals surface area (Å²) in [4.78, 5) is 18.1. The van der Waals surface area contributed by atoms with Crippen LogP contribution < -0.4 is 9.47 Å². The number of halogens is 1. The van der Waals surface area contributed by atoms with Gasteiger partial charge in [-0.25, -0.2) is 9.37 Å². The molecule has 0 fully saturated rings. The van der Waals surface area contributed by atoms with Crippen LogP contribution in [0.25, 0.3) is 0 Å². The van der Waals surface area contributed by atoms with Crippen molar-refractivity contribution in [2.24, 2.45) is 0 Å². The van der Waals surface area contributed by atoms with Gasteiger partial charge in [0.05, 0.1) is 6.04 Å². The van der Waals surface area contributed by atoms with Crippen molar-refractivity contribution in [1.29, 1.82) is 0 Å². The van der Waals surface area contributed by atoms with Gasteiger partial charge in [0.1, 0.15) is 17.3 Å². The SMILES string of the molecule is CC(c1ccc(F)cc1)N(C)C(=O)COc1ccc(Oc2ccccn2)cc1. The number of ether oxygens (including phenoxy) is 2. The quantitative estimate of drug-likeness (QED) is 0.601. The highest BCUT2D eigenvalue weighted by Crippen LogP contribution is 2.23. The average Bonchev–Trinajstić information content (AvgIpc) is 2.73. The van der Waals surface area contributed by atoms with Crippen LogP contribution in [0.15, 0.2) is 72.9 Å². The lowest BCUT2D eigenvalue weighted by Crippen LogP contribution is -2.33. The van der Waals surface area contributed by atoms with E-state index in [2.05, 4.69) is 4.98 Å². The van der Waals surface area contributed by atoms with E-state index in [0.29, 0.717) is 17.4 Å². The Bertz CT molecular complexity index is 899. The molecule has 0 aliphatic rings. The second kappa shape index (κ2) is 8.99. The van der Waals surface area contributed by atoms with Crippen molar-refractivity contribution in [3.05, 3.63) is 84.3 Å². The zero-order valence-electron chi connectivity index (χ0n) is 15.7. The van der Waals surface area contributed by atoms with Gasteiger partial charge in [-0.1, -0.05) is 18.2 Å². The zero-order valence-corrected chi connectivity index (χ0v) is 15.7. The molecule has 1 atom stereocenters. The number of aromatic nitrogens is 1. The van der Waals surface area contributed by atoms with Crippen LogP contribution in [0, 0.1) is 5.82 Å². The molecule has 0 saturated heterocycles. The predicted octanol–water partition coefficient (Wildman–Crippen LogP) is 4.61. The minimum absolute atomic E-state index is 0.0948. The number of carbonyl (C=O) groups is 1. The van der Waals surface area contributed by atoms with Gasteiger partial charge in [0, 0.05) is 19.3 Å². The van der Waals surface area contributed by atoms with E-state index >= 15 is 0 Å². The smallest absolute Gasteiger partial charge is 0.260 e. The van der Waals surface area contributed by atoms with Crippen LogP contribution >= 0.6 is 0 Å². The van der Waals surface area contributed by atoms with Crippen LogP contribution in [0.4, 0.5) is 4.39 Å². The molecule has 1 heterocycles. The molecule has 1 unspecified atom stereocenters. The monoisotopic (exact) mass is 380 g/mol. The van der Waals surface area contributed by atoms with Crippen LogP contribution in [0.2, 0.25) is 0 Å². The fraction of sp³-hybridized carbons (Fsp3) is 0.182. The van der Waals surface area contributed by atoms with E-state index in [4.69, 9.17) is 9.47 Å². The van der Waals surface area contributed by atoms with E-state index in [0.717, 1.165) is 5.56 Å². The molecule has 6 heteroatoms. The first-order valence-corrected chi connectivity index (χ1v) is 8.86. The third kappa shape index (κ3) is 5.07. The van der Waals surface area contributed by atoms with Crippen molar-refractivity contribution in [1.82, 2.24) is 9.88 Å². The van der Waals surface area contributed by atoms with E-state index < -0.39 is 0 Å². The molecule has 144 valence electrons. The summed E-state index contributed by atoms with van der Waals surface area (Å²) >= 11 is 0. The first-order chi connectivity index (χ1) is 13.5. The molecule has 3 rings (SSSR count). The number of nitrogens with zero attached hydrogens (tertiary/aromatic N) is 2. The van der Waals surface area contributed by atoms with E-state index in [1.165, 1.54) is 12.1 Å². The summed E-state index contributed by atoms with van der Waals surface area (Å²) in [5, 5.41) is 0. The van der Waals surface area contributed by atoms with Gasteiger partial charge in [0.2, 0.25) is 5.88 Å². The standard InChI is InChI=1S/C22H21FN2O3/c1-16(17-6-8-18(23)9-7-17)25(2)22(26)15-27-19-10-12-20(13-11-19)28-21-5-3-4-14-24-21/h3-14,16H,15H2,1-2H3. The minimum Gasteiger partial charge on any atom is -0.484 e. The predicted molar refractivity (Wildman–Crippen MR) is 104 cm³/mol. The number of hydrogen-bond donors (Lipinski definition) is 0. The number of pyridine rings is 1. The van der Waals surface area contributed by atoms with Crippen LogP contribution in [0.5, 0.6) is 17.4 Å². The molecule has 0 spiro atoms. The third-order valence-electron chi connectivity index (χ3n) is 4.37. The molecule has 1 amide bonds. The molecule has 28 heavy (non-hydrogen) atoms. The molecule has 0 bridgehead atoms. The van der Waals surface area contributed by atoms with Crippen LogP contribution in [0.1, 0.15) is 18.5 Å². The van der Waals surface area contributed by atoms with Crippen molar-refractivity contribution < 1.29 is 18.7 Å². The summed E-state index contributed by atoms with van der Waals surface area (Å²) < 4.78 is 24.3. The Morgan fingerprint density at radius 1 is 1.04 bits per heavy atom. The van der Waals surface area contributed by atoms with E-state index in [1.807, 2.05) is 19.1 Å². The summed E-state index contributed by atoms with van der Waals surface area (Å²) in [6.07, 6.45) is 1.65. The number of amides is 1. The van der Waals surface area contributed by atoms with Gasteiger partial charge in [0.25, 0.3) is 5.91 Å². The molecule has 0 N–H and O–H groups in total. The topological polar surface area (TPSA) is 51.7 Å². The maximum atomic E-state index is 13.1. The fourth-order valence-corrected chi connectivity index (χ4v) is 2.56. The second-order valence-electron chi connectivity index (χ2n) is 6.26. The van der Waals surface area contributed by atoms with Gasteiger partial charge >= 0.3 is 0 Å². The van der Waals surface area contributed by atoms with Crippen molar-refractivity contribution in [3.63, 3.8) is 0 Å². The Kier molecular flexibility index (Phi) is 6.22. The lowest BCUT2D eigenvalue weighted by atomic mass is 10.1. The summed E-state index contributed by atoms with van der Waals surface area (Å²) in [5.41, 5.74) is 0.855. The fourth-order valence-electron chi connectivity index (χ4n) is 2.56. The lowest BCUT2D eigenvalue weighted by molar-refractivity contribution is -0.134. The van der Waals surface area contributed by atoms with Crippen LogP contribution in [0.3, 0.4) is 0 Å². The van der Waals surface area contributed by atoms with Gasteiger partial charge in [-0.3, -0.25) is 4.79 Å². The maximum Gasteiger partial charge on any atom is 0.260 e. The van der Waals surface area contributed by atoms with E-state index in [-0.39, 0.29) is 24.4 Å². The summed E-state index contributed by atoms with van der Waals surface area (Å²) in [5.74, 6) is 1.21. The van der Waals surface area contributed by atoms with Crippen molar-refractivity contribution in [2.75, 3.05) is 13.7 Å². The molecule has 2 aromatic carbocycles. The van der Waals surface area contributed by atoms with E-state index in [9.17, 15) is 9.18 Å². The second-order valence-corrected chi connectivity index (χ2v) is 6.26. The molecule has 0 aliphatic carbocycles. The third-order valence-corrected chi connectivity index (χ3v) is 4.37. The number of benzene rings is 2. The molecular formula is C22H21FN2O3. The Labute approximate surface area is 163 Å². The summed E-state index contributed by atoms with van der Waals surface area (Å²) in [6.45, 7) is 1.79. The van der Waals surface area contributed by atoms with Gasteiger partial charge in [0.15, 0.2) is 6.61 Å². The van der Waals surface area contributed by atoms with Crippen LogP contribution in [-0.4, -0.2) is 29.4 Å². The summed E-state index contributed by atoms with van der Waals surface area (Å²) in [7, 11) is 1.70. The number of likely N-dealkylation sites (N-methyl/N-ethyl adjacent to an activating group) is 1. The average molecular weight is 380 g/mol. The number of rotatable bonds is 7. The highest BCUT2D eigenvalue weighted by atomic mass is 19.1. The largest absolute Gasteiger partial charge is 0.484 e. The molecular weight excluding hydrogens is 359 g/mol. The summed E-state index contributed by atoms with van der Waals surface area (Å²) in [6, 6.07) is 18.3. The first kappa shape index (κ1) is 19.4. The van der Waals surface area contributed by atoms with Gasteiger partial charge in [-0.05, 0) is 55.0 Å². The lowest BCUT2D eigenvalue weighted by Gasteiger charge is -2.25. The van der Waals surface area contributed by atoms with E-state index in [1.54, 1.807) is 60.6 Å². The Hall–Kier alpha value is -3.41. The molecule has 0 aliphatic heterocycles. The Morgan fingerprint density at radius 2 is 1.71 bits per heavy atom. The molecule has 1 aromatic heterocycles.